The van der Waals surface area contributed by atoms with Crippen molar-refractivity contribution in [2.24, 2.45) is 5.92 Å². The predicted molar refractivity (Wildman–Crippen MR) is 83.3 cm³/mol. The van der Waals surface area contributed by atoms with Crippen LogP contribution in [-0.4, -0.2) is 38.7 Å². The third kappa shape index (κ3) is 3.76. The summed E-state index contributed by atoms with van der Waals surface area (Å²) < 4.78 is 35.0. The summed E-state index contributed by atoms with van der Waals surface area (Å²) in [5.41, 5.74) is 7.03. The molecule has 0 radical (unpaired) electrons. The van der Waals surface area contributed by atoms with Gasteiger partial charge in [0.25, 0.3) is 0 Å². The van der Waals surface area contributed by atoms with Gasteiger partial charge in [-0.15, -0.1) is 0 Å². The van der Waals surface area contributed by atoms with E-state index in [1.807, 2.05) is 19.2 Å². The lowest BCUT2D eigenvalue weighted by atomic mass is 10.1. The minimum atomic E-state index is -2.97. The van der Waals surface area contributed by atoms with Crippen LogP contribution >= 0.6 is 0 Å². The molecular formula is C15H24N2O4S. The van der Waals surface area contributed by atoms with E-state index in [1.165, 1.54) is 0 Å². The summed E-state index contributed by atoms with van der Waals surface area (Å²) >= 11 is 0. The molecule has 6 nitrogen and oxygen atoms in total. The van der Waals surface area contributed by atoms with Crippen molar-refractivity contribution in [3.63, 3.8) is 0 Å². The summed E-state index contributed by atoms with van der Waals surface area (Å²) in [4.78, 5) is 0. The lowest BCUT2D eigenvalue weighted by molar-refractivity contribution is 0.0415. The Morgan fingerprint density at radius 3 is 2.86 bits per heavy atom. The van der Waals surface area contributed by atoms with E-state index in [1.54, 1.807) is 0 Å². The zero-order valence-corrected chi connectivity index (χ0v) is 13.7. The minimum absolute atomic E-state index is 0.172. The quantitative estimate of drug-likeness (QED) is 0.764. The molecule has 0 aromatic heterocycles. The number of nitrogens with one attached hydrogen (secondary N) is 2. The maximum absolute atomic E-state index is 12.1. The van der Waals surface area contributed by atoms with Crippen LogP contribution in [0.5, 0.6) is 0 Å². The van der Waals surface area contributed by atoms with Crippen LogP contribution in [-0.2, 0) is 19.3 Å². The average molecular weight is 328 g/mol. The summed E-state index contributed by atoms with van der Waals surface area (Å²) in [5.74, 6) is 1.46. The smallest absolute Gasteiger partial charge is 0.206 e. The maximum atomic E-state index is 12.1. The lowest BCUT2D eigenvalue weighted by Crippen LogP contribution is -2.42. The zero-order chi connectivity index (χ0) is 15.6. The van der Waals surface area contributed by atoms with E-state index in [0.29, 0.717) is 19.1 Å². The second-order valence-corrected chi connectivity index (χ2v) is 8.80. The van der Waals surface area contributed by atoms with Crippen LogP contribution in [0.3, 0.4) is 0 Å². The number of ether oxygens (including phenoxy) is 2. The molecule has 3 rings (SSSR count). The number of hydrazine groups is 1. The van der Waals surface area contributed by atoms with E-state index in [2.05, 4.69) is 10.9 Å². The SMILES string of the molecule is CC1=CNNC(O[C@@H]2CCC(CCS(=O)(=O)C3COC3)C2)=C1. The Morgan fingerprint density at radius 1 is 1.36 bits per heavy atom. The Morgan fingerprint density at radius 2 is 2.18 bits per heavy atom. The van der Waals surface area contributed by atoms with E-state index < -0.39 is 9.84 Å². The van der Waals surface area contributed by atoms with Crippen molar-refractivity contribution in [3.05, 3.63) is 23.7 Å². The van der Waals surface area contributed by atoms with Crippen LogP contribution < -0.4 is 10.9 Å². The molecule has 22 heavy (non-hydrogen) atoms. The molecule has 2 N–H and O–H groups in total. The molecule has 0 spiro atoms. The molecule has 0 aromatic carbocycles. The molecular weight excluding hydrogens is 304 g/mol. The first kappa shape index (κ1) is 15.7. The van der Waals surface area contributed by atoms with Gasteiger partial charge in [0.1, 0.15) is 11.4 Å². The van der Waals surface area contributed by atoms with Gasteiger partial charge in [-0.1, -0.05) is 0 Å². The Kier molecular flexibility index (Phi) is 4.63. The van der Waals surface area contributed by atoms with Gasteiger partial charge in [0.05, 0.1) is 19.0 Å². The maximum Gasteiger partial charge on any atom is 0.206 e. The van der Waals surface area contributed by atoms with Crippen LogP contribution in [0.15, 0.2) is 23.7 Å². The first-order valence-electron chi connectivity index (χ1n) is 7.89. The molecule has 0 amide bonds. The molecule has 2 heterocycles. The lowest BCUT2D eigenvalue weighted by Gasteiger charge is -2.26. The minimum Gasteiger partial charge on any atom is -0.475 e. The highest BCUT2D eigenvalue weighted by Gasteiger charge is 2.34. The van der Waals surface area contributed by atoms with E-state index in [4.69, 9.17) is 9.47 Å². The molecule has 3 aliphatic rings. The third-order valence-electron chi connectivity index (χ3n) is 4.57. The van der Waals surface area contributed by atoms with Gasteiger partial charge in [-0.25, -0.2) is 8.42 Å². The standard InChI is InChI=1S/C15H24N2O4S/c1-11-6-15(17-16-8-11)21-13-3-2-12(7-13)4-5-22(18,19)14-9-20-10-14/h6,8,12-14,16-17H,2-5,7,9-10H2,1H3/t12?,13-/m1/s1. The Bertz CT molecular complexity index is 566. The van der Waals surface area contributed by atoms with Crippen LogP contribution in [0, 0.1) is 5.92 Å². The first-order valence-corrected chi connectivity index (χ1v) is 9.60. The Balaban J connectivity index is 1.43. The van der Waals surface area contributed by atoms with Crippen LogP contribution in [0.2, 0.25) is 0 Å². The molecule has 0 bridgehead atoms. The number of sulfone groups is 1. The normalized spacial score (nSPS) is 29.0. The molecule has 2 fully saturated rings. The second-order valence-electron chi connectivity index (χ2n) is 6.40. The summed E-state index contributed by atoms with van der Waals surface area (Å²) in [6, 6.07) is 0. The highest BCUT2D eigenvalue weighted by atomic mass is 32.2. The highest BCUT2D eigenvalue weighted by Crippen LogP contribution is 2.32. The van der Waals surface area contributed by atoms with Gasteiger partial charge in [-0.05, 0) is 44.1 Å². The summed E-state index contributed by atoms with van der Waals surface area (Å²) in [6.45, 7) is 2.75. The number of rotatable bonds is 6. The summed E-state index contributed by atoms with van der Waals surface area (Å²) in [7, 11) is -2.97. The van der Waals surface area contributed by atoms with Gasteiger partial charge in [0.15, 0.2) is 9.84 Å². The van der Waals surface area contributed by atoms with Gasteiger partial charge in [0, 0.05) is 12.3 Å². The summed E-state index contributed by atoms with van der Waals surface area (Å²) in [6.07, 6.45) is 7.70. The van der Waals surface area contributed by atoms with Crippen molar-refractivity contribution in [3.8, 4) is 0 Å². The van der Waals surface area contributed by atoms with Crippen molar-refractivity contribution in [2.45, 2.75) is 44.0 Å². The van der Waals surface area contributed by atoms with Gasteiger partial charge in [-0.3, -0.25) is 5.43 Å². The van der Waals surface area contributed by atoms with Crippen molar-refractivity contribution in [1.82, 2.24) is 10.9 Å². The average Bonchev–Trinajstić information content (AvgIpc) is 2.82. The second kappa shape index (κ2) is 6.50. The molecule has 1 saturated carbocycles. The number of allylic oxidation sites excluding steroid dienone is 2. The van der Waals surface area contributed by atoms with Crippen LogP contribution in [0.4, 0.5) is 0 Å². The molecule has 124 valence electrons. The first-order chi connectivity index (χ1) is 10.5. The molecule has 0 aromatic rings. The monoisotopic (exact) mass is 328 g/mol. The molecule has 1 aliphatic carbocycles. The van der Waals surface area contributed by atoms with E-state index >= 15 is 0 Å². The fraction of sp³-hybridized carbons (Fsp3) is 0.733. The topological polar surface area (TPSA) is 76.7 Å². The molecule has 1 unspecified atom stereocenters. The van der Waals surface area contributed by atoms with Gasteiger partial charge in [-0.2, -0.15) is 0 Å². The van der Waals surface area contributed by atoms with Crippen molar-refractivity contribution in [2.75, 3.05) is 19.0 Å². The van der Waals surface area contributed by atoms with Gasteiger partial charge >= 0.3 is 0 Å². The van der Waals surface area contributed by atoms with Crippen molar-refractivity contribution >= 4 is 9.84 Å². The Hall–Kier alpha value is -1.21. The van der Waals surface area contributed by atoms with Gasteiger partial charge in [0.2, 0.25) is 5.88 Å². The molecule has 1 saturated heterocycles. The molecule has 2 aliphatic heterocycles. The van der Waals surface area contributed by atoms with Crippen LogP contribution in [0.25, 0.3) is 0 Å². The van der Waals surface area contributed by atoms with E-state index in [0.717, 1.165) is 37.1 Å². The fourth-order valence-electron chi connectivity index (χ4n) is 3.07. The predicted octanol–water partition coefficient (Wildman–Crippen LogP) is 1.23. The van der Waals surface area contributed by atoms with Crippen LogP contribution in [0.1, 0.15) is 32.6 Å². The van der Waals surface area contributed by atoms with Crippen molar-refractivity contribution in [1.29, 1.82) is 0 Å². The summed E-state index contributed by atoms with van der Waals surface area (Å²) in [5, 5.41) is -0.265. The number of hydrogen-bond acceptors (Lipinski definition) is 6. The highest BCUT2D eigenvalue weighted by molar-refractivity contribution is 7.92. The fourth-order valence-corrected chi connectivity index (χ4v) is 4.67. The van der Waals surface area contributed by atoms with Gasteiger partial charge < -0.3 is 14.9 Å². The van der Waals surface area contributed by atoms with Crippen molar-refractivity contribution < 1.29 is 17.9 Å². The zero-order valence-electron chi connectivity index (χ0n) is 12.9. The third-order valence-corrected chi connectivity index (χ3v) is 6.66. The Labute approximate surface area is 131 Å². The largest absolute Gasteiger partial charge is 0.475 e. The molecule has 2 atom stereocenters. The number of hydrogen-bond donors (Lipinski definition) is 2. The molecule has 7 heteroatoms. The van der Waals surface area contributed by atoms with E-state index in [-0.39, 0.29) is 17.1 Å². The van der Waals surface area contributed by atoms with E-state index in [9.17, 15) is 8.42 Å².